The van der Waals surface area contributed by atoms with Crippen LogP contribution in [0.4, 0.5) is 0 Å². The molecule has 0 saturated carbocycles. The van der Waals surface area contributed by atoms with E-state index in [-0.39, 0.29) is 0 Å². The maximum atomic E-state index is 5.11. The van der Waals surface area contributed by atoms with Gasteiger partial charge in [-0.3, -0.25) is 14.5 Å². The summed E-state index contributed by atoms with van der Waals surface area (Å²) < 4.78 is 2.25. The van der Waals surface area contributed by atoms with Crippen molar-refractivity contribution in [2.75, 3.05) is 0 Å². The Morgan fingerprint density at radius 2 is 0.962 bits per heavy atom. The molecule has 3 heterocycles. The molecule has 0 bridgehead atoms. The molecule has 0 atom stereocenters. The maximum absolute atomic E-state index is 5.11. The average Bonchev–Trinajstić information content (AvgIpc) is 3.78. The molecule has 0 aliphatic heterocycles. The van der Waals surface area contributed by atoms with Gasteiger partial charge >= 0.3 is 0 Å². The summed E-state index contributed by atoms with van der Waals surface area (Å²) in [6.45, 7) is 0. The first-order valence-corrected chi connectivity index (χ1v) is 17.9. The largest absolute Gasteiger partial charge is 0.292 e. The normalized spacial score (nSPS) is 11.8. The Balaban J connectivity index is 1.13. The van der Waals surface area contributed by atoms with Crippen molar-refractivity contribution in [3.8, 4) is 72.7 Å². The fourth-order valence-corrected chi connectivity index (χ4v) is 8.53. The molecular formula is C49H30N4. The fourth-order valence-electron chi connectivity index (χ4n) is 8.53. The first-order chi connectivity index (χ1) is 26.3. The van der Waals surface area contributed by atoms with Crippen molar-refractivity contribution in [1.82, 2.24) is 19.5 Å². The van der Waals surface area contributed by atoms with Crippen molar-refractivity contribution in [3.05, 3.63) is 183 Å². The van der Waals surface area contributed by atoms with Crippen LogP contribution in [0.1, 0.15) is 0 Å². The van der Waals surface area contributed by atoms with E-state index in [0.717, 1.165) is 39.2 Å². The zero-order valence-electron chi connectivity index (χ0n) is 28.6. The van der Waals surface area contributed by atoms with Gasteiger partial charge in [0.1, 0.15) is 5.82 Å². The number of hydrogen-bond donors (Lipinski definition) is 0. The summed E-state index contributed by atoms with van der Waals surface area (Å²) in [4.78, 5) is 14.3. The first-order valence-electron chi connectivity index (χ1n) is 17.9. The number of imidazole rings is 1. The molecule has 4 heteroatoms. The van der Waals surface area contributed by atoms with E-state index in [9.17, 15) is 0 Å². The van der Waals surface area contributed by atoms with Crippen molar-refractivity contribution < 1.29 is 0 Å². The highest BCUT2D eigenvalue weighted by atomic mass is 15.1. The van der Waals surface area contributed by atoms with Gasteiger partial charge in [-0.2, -0.15) is 0 Å². The van der Waals surface area contributed by atoms with Crippen LogP contribution in [0.2, 0.25) is 0 Å². The van der Waals surface area contributed by atoms with E-state index in [1.807, 2.05) is 43.0 Å². The third-order valence-corrected chi connectivity index (χ3v) is 10.7. The molecule has 0 N–H and O–H groups in total. The Labute approximate surface area is 306 Å². The minimum atomic E-state index is 0.928. The van der Waals surface area contributed by atoms with E-state index in [4.69, 9.17) is 4.98 Å². The van der Waals surface area contributed by atoms with Crippen LogP contribution < -0.4 is 0 Å². The molecule has 0 spiro atoms. The number of aromatic nitrogens is 4. The average molecular weight is 675 g/mol. The highest BCUT2D eigenvalue weighted by Crippen LogP contribution is 2.58. The molecule has 246 valence electrons. The molecule has 0 saturated heterocycles. The smallest absolute Gasteiger partial charge is 0.145 e. The maximum Gasteiger partial charge on any atom is 0.145 e. The van der Waals surface area contributed by atoms with Crippen LogP contribution in [0.15, 0.2) is 183 Å². The molecule has 10 aromatic rings. The molecule has 1 aliphatic rings. The van der Waals surface area contributed by atoms with Crippen molar-refractivity contribution in [1.29, 1.82) is 0 Å². The van der Waals surface area contributed by atoms with Crippen LogP contribution in [0, 0.1) is 0 Å². The summed E-state index contributed by atoms with van der Waals surface area (Å²) in [6, 6.07) is 56.4. The van der Waals surface area contributed by atoms with Gasteiger partial charge in [0.2, 0.25) is 0 Å². The zero-order valence-corrected chi connectivity index (χ0v) is 28.6. The second-order valence-corrected chi connectivity index (χ2v) is 13.6. The summed E-state index contributed by atoms with van der Waals surface area (Å²) in [5.74, 6) is 0.928. The molecule has 4 nitrogen and oxygen atoms in total. The molecule has 0 fully saturated rings. The standard InChI is InChI=1S/C49H30N4/c1-2-13-35(14-3-1)53-43-20-7-6-19-42(43)52-49(53)32-23-21-31(22-24-32)36-25-26-41-46-37(36)17-8-18-40(46)47-44(33-11-9-27-50-29-33)38-15-4-5-16-39(38)45(48(41)47)34-12-10-28-51-30-34/h1-30H. The summed E-state index contributed by atoms with van der Waals surface area (Å²) in [5, 5.41) is 4.93. The SMILES string of the molecule is c1ccc(-n2c(-c3ccc(-c4ccc5c6c(cccc46)-c4c-5c(-c5cccnc5)c5ccccc5c4-c4cccnc4)cc3)nc3ccccc32)cc1. The quantitative estimate of drug-likeness (QED) is 0.182. The second-order valence-electron chi connectivity index (χ2n) is 13.6. The molecule has 3 aromatic heterocycles. The molecule has 7 aromatic carbocycles. The summed E-state index contributed by atoms with van der Waals surface area (Å²) in [5.41, 5.74) is 16.3. The molecule has 0 radical (unpaired) electrons. The van der Waals surface area contributed by atoms with Crippen LogP contribution in [-0.2, 0) is 0 Å². The van der Waals surface area contributed by atoms with E-state index < -0.39 is 0 Å². The summed E-state index contributed by atoms with van der Waals surface area (Å²) >= 11 is 0. The monoisotopic (exact) mass is 674 g/mol. The van der Waals surface area contributed by atoms with Gasteiger partial charge in [0.05, 0.1) is 11.0 Å². The third-order valence-electron chi connectivity index (χ3n) is 10.7. The van der Waals surface area contributed by atoms with Gasteiger partial charge in [-0.25, -0.2) is 4.98 Å². The van der Waals surface area contributed by atoms with Crippen molar-refractivity contribution >= 4 is 32.6 Å². The highest BCUT2D eigenvalue weighted by molar-refractivity contribution is 6.28. The summed E-state index contributed by atoms with van der Waals surface area (Å²) in [7, 11) is 0. The van der Waals surface area contributed by atoms with Crippen LogP contribution in [-0.4, -0.2) is 19.5 Å². The van der Waals surface area contributed by atoms with Gasteiger partial charge in [0, 0.05) is 47.2 Å². The van der Waals surface area contributed by atoms with Crippen molar-refractivity contribution in [3.63, 3.8) is 0 Å². The number of fused-ring (bicyclic) bond motifs is 5. The number of benzene rings is 7. The van der Waals surface area contributed by atoms with Crippen molar-refractivity contribution in [2.45, 2.75) is 0 Å². The van der Waals surface area contributed by atoms with Gasteiger partial charge < -0.3 is 0 Å². The minimum Gasteiger partial charge on any atom is -0.292 e. The fraction of sp³-hybridized carbons (Fsp3) is 0. The van der Waals surface area contributed by atoms with Crippen LogP contribution >= 0.6 is 0 Å². The second kappa shape index (κ2) is 11.7. The Morgan fingerprint density at radius 1 is 0.377 bits per heavy atom. The van der Waals surface area contributed by atoms with Gasteiger partial charge in [-0.15, -0.1) is 0 Å². The highest BCUT2D eigenvalue weighted by Gasteiger charge is 2.31. The number of rotatable bonds is 5. The molecular weight excluding hydrogens is 645 g/mol. The van der Waals surface area contributed by atoms with E-state index in [2.05, 4.69) is 154 Å². The van der Waals surface area contributed by atoms with E-state index >= 15 is 0 Å². The lowest BCUT2D eigenvalue weighted by atomic mass is 9.83. The Morgan fingerprint density at radius 3 is 1.64 bits per heavy atom. The lowest BCUT2D eigenvalue weighted by Gasteiger charge is -2.20. The predicted molar refractivity (Wildman–Crippen MR) is 218 cm³/mol. The first kappa shape index (κ1) is 29.5. The molecule has 0 amide bonds. The Hall–Kier alpha value is -7.17. The lowest BCUT2D eigenvalue weighted by Crippen LogP contribution is -1.97. The number of pyridine rings is 2. The number of hydrogen-bond acceptors (Lipinski definition) is 3. The van der Waals surface area contributed by atoms with E-state index in [0.29, 0.717) is 0 Å². The zero-order chi connectivity index (χ0) is 34.9. The molecule has 11 rings (SSSR count). The Bertz CT molecular complexity index is 2930. The van der Waals surface area contributed by atoms with Gasteiger partial charge in [0.25, 0.3) is 0 Å². The van der Waals surface area contributed by atoms with Gasteiger partial charge in [-0.1, -0.05) is 121 Å². The van der Waals surface area contributed by atoms with Crippen LogP contribution in [0.5, 0.6) is 0 Å². The third kappa shape index (κ3) is 4.46. The topological polar surface area (TPSA) is 43.6 Å². The van der Waals surface area contributed by atoms with Crippen LogP contribution in [0.25, 0.3) is 105 Å². The molecule has 1 aliphatic carbocycles. The van der Waals surface area contributed by atoms with Crippen molar-refractivity contribution in [2.24, 2.45) is 0 Å². The number of nitrogens with zero attached hydrogens (tertiary/aromatic N) is 4. The van der Waals surface area contributed by atoms with E-state index in [1.54, 1.807) is 0 Å². The lowest BCUT2D eigenvalue weighted by molar-refractivity contribution is 1.10. The van der Waals surface area contributed by atoms with Gasteiger partial charge in [-0.05, 0) is 102 Å². The number of para-hydroxylation sites is 3. The van der Waals surface area contributed by atoms with Gasteiger partial charge in [0.15, 0.2) is 0 Å². The Kier molecular flexibility index (Phi) is 6.52. The summed E-state index contributed by atoms with van der Waals surface area (Å²) in [6.07, 6.45) is 7.68. The van der Waals surface area contributed by atoms with E-state index in [1.165, 1.54) is 66.1 Å². The van der Waals surface area contributed by atoms with Crippen LogP contribution in [0.3, 0.4) is 0 Å². The molecule has 53 heavy (non-hydrogen) atoms. The molecule has 0 unspecified atom stereocenters. The predicted octanol–water partition coefficient (Wildman–Crippen LogP) is 12.4. The minimum absolute atomic E-state index is 0.928.